The van der Waals surface area contributed by atoms with E-state index < -0.39 is 4.75 Å². The van der Waals surface area contributed by atoms with Gasteiger partial charge in [0.25, 0.3) is 0 Å². The van der Waals surface area contributed by atoms with Crippen molar-refractivity contribution in [3.05, 3.63) is 0 Å². The summed E-state index contributed by atoms with van der Waals surface area (Å²) < 4.78 is -0.560. The van der Waals surface area contributed by atoms with Crippen molar-refractivity contribution in [2.75, 3.05) is 13.2 Å². The fourth-order valence-electron chi connectivity index (χ4n) is 0.912. The van der Waals surface area contributed by atoms with Gasteiger partial charge in [-0.3, -0.25) is 0 Å². The van der Waals surface area contributed by atoms with Crippen LogP contribution in [0.25, 0.3) is 0 Å². The van der Waals surface area contributed by atoms with E-state index in [4.69, 9.17) is 10.2 Å². The first-order valence-corrected chi connectivity index (χ1v) is 4.57. The van der Waals surface area contributed by atoms with E-state index in [0.29, 0.717) is 0 Å². The van der Waals surface area contributed by atoms with Crippen LogP contribution in [0, 0.1) is 0 Å². The number of unbranched alkanes of at least 4 members (excludes halogenated alkanes) is 2. The van der Waals surface area contributed by atoms with Crippen molar-refractivity contribution in [3.8, 4) is 0 Å². The van der Waals surface area contributed by atoms with E-state index in [1.54, 1.807) is 0 Å². The van der Waals surface area contributed by atoms with E-state index in [1.807, 2.05) is 0 Å². The monoisotopic (exact) mass is 178 g/mol. The summed E-state index contributed by atoms with van der Waals surface area (Å²) in [6, 6.07) is 0. The van der Waals surface area contributed by atoms with E-state index in [9.17, 15) is 0 Å². The predicted molar refractivity (Wildman–Crippen MR) is 50.0 cm³/mol. The summed E-state index contributed by atoms with van der Waals surface area (Å²) in [4.78, 5) is 0. The molecule has 0 bridgehead atoms. The Morgan fingerprint density at radius 3 is 2.09 bits per heavy atom. The lowest BCUT2D eigenvalue weighted by molar-refractivity contribution is 0.166. The van der Waals surface area contributed by atoms with Crippen LogP contribution in [-0.4, -0.2) is 28.2 Å². The minimum absolute atomic E-state index is 0.0453. The normalized spacial score (nSPS) is 12.0. The van der Waals surface area contributed by atoms with Crippen molar-refractivity contribution in [3.63, 3.8) is 0 Å². The van der Waals surface area contributed by atoms with Gasteiger partial charge in [0.05, 0.1) is 18.0 Å². The molecule has 0 atom stereocenters. The molecule has 0 radical (unpaired) electrons. The van der Waals surface area contributed by atoms with Crippen LogP contribution in [0.5, 0.6) is 0 Å². The predicted octanol–water partition coefficient (Wildman–Crippen LogP) is 1.22. The molecule has 0 aliphatic carbocycles. The van der Waals surface area contributed by atoms with Crippen LogP contribution >= 0.6 is 12.6 Å². The fourth-order valence-corrected chi connectivity index (χ4v) is 1.07. The first kappa shape index (κ1) is 11.3. The first-order chi connectivity index (χ1) is 5.18. The maximum Gasteiger partial charge on any atom is 0.0598 e. The van der Waals surface area contributed by atoms with E-state index in [0.717, 1.165) is 25.7 Å². The molecule has 68 valence electrons. The number of aliphatic hydroxyl groups is 2. The van der Waals surface area contributed by atoms with Gasteiger partial charge < -0.3 is 10.2 Å². The molecule has 0 aromatic rings. The third kappa shape index (κ3) is 4.67. The summed E-state index contributed by atoms with van der Waals surface area (Å²) in [5.41, 5.74) is 0. The smallest absolute Gasteiger partial charge is 0.0598 e. The maximum absolute atomic E-state index is 8.85. The summed E-state index contributed by atoms with van der Waals surface area (Å²) >= 11 is 4.19. The van der Waals surface area contributed by atoms with Gasteiger partial charge in [0.1, 0.15) is 0 Å². The van der Waals surface area contributed by atoms with Crippen LogP contribution in [-0.2, 0) is 0 Å². The van der Waals surface area contributed by atoms with Crippen molar-refractivity contribution in [2.45, 2.75) is 37.4 Å². The Bertz CT molecular complexity index is 92.1. The van der Waals surface area contributed by atoms with Gasteiger partial charge in [-0.05, 0) is 6.42 Å². The second-order valence-electron chi connectivity index (χ2n) is 3.00. The lowest BCUT2D eigenvalue weighted by Gasteiger charge is -2.22. The van der Waals surface area contributed by atoms with Crippen molar-refractivity contribution in [2.24, 2.45) is 0 Å². The van der Waals surface area contributed by atoms with Crippen LogP contribution < -0.4 is 0 Å². The molecular weight excluding hydrogens is 160 g/mol. The highest BCUT2D eigenvalue weighted by Gasteiger charge is 2.22. The average molecular weight is 178 g/mol. The van der Waals surface area contributed by atoms with Gasteiger partial charge in [0.15, 0.2) is 0 Å². The zero-order valence-electron chi connectivity index (χ0n) is 7.08. The third-order valence-electron chi connectivity index (χ3n) is 1.83. The molecule has 0 spiro atoms. The molecule has 0 aromatic carbocycles. The standard InChI is InChI=1S/C8H18O2S/c1-2-3-4-5-8(11,6-9)7-10/h9-11H,2-7H2,1H3. The molecule has 0 rings (SSSR count). The Balaban J connectivity index is 3.51. The molecule has 11 heavy (non-hydrogen) atoms. The molecule has 0 aromatic heterocycles. The zero-order chi connectivity index (χ0) is 8.74. The quantitative estimate of drug-likeness (QED) is 0.423. The maximum atomic E-state index is 8.85. The molecule has 0 saturated heterocycles. The molecule has 0 saturated carbocycles. The second-order valence-corrected chi connectivity index (χ2v) is 3.95. The van der Waals surface area contributed by atoms with E-state index >= 15 is 0 Å². The topological polar surface area (TPSA) is 40.5 Å². The van der Waals surface area contributed by atoms with E-state index in [2.05, 4.69) is 19.6 Å². The number of aliphatic hydroxyl groups excluding tert-OH is 2. The van der Waals surface area contributed by atoms with Gasteiger partial charge in [-0.25, -0.2) is 0 Å². The van der Waals surface area contributed by atoms with Crippen LogP contribution in [0.3, 0.4) is 0 Å². The van der Waals surface area contributed by atoms with Gasteiger partial charge in [0.2, 0.25) is 0 Å². The lowest BCUT2D eigenvalue weighted by atomic mass is 10.0. The molecule has 0 unspecified atom stereocenters. The SMILES string of the molecule is CCCCCC(S)(CO)CO. The third-order valence-corrected chi connectivity index (χ3v) is 2.34. The van der Waals surface area contributed by atoms with Gasteiger partial charge in [-0.15, -0.1) is 0 Å². The minimum Gasteiger partial charge on any atom is -0.395 e. The van der Waals surface area contributed by atoms with Gasteiger partial charge >= 0.3 is 0 Å². The number of hydrogen-bond donors (Lipinski definition) is 3. The Labute approximate surface area is 74.0 Å². The molecule has 0 fully saturated rings. The number of rotatable bonds is 6. The number of thiol groups is 1. The van der Waals surface area contributed by atoms with Crippen LogP contribution in [0.2, 0.25) is 0 Å². The number of hydrogen-bond acceptors (Lipinski definition) is 3. The van der Waals surface area contributed by atoms with Crippen molar-refractivity contribution in [1.29, 1.82) is 0 Å². The highest BCUT2D eigenvalue weighted by Crippen LogP contribution is 2.20. The summed E-state index contributed by atoms with van der Waals surface area (Å²) in [5, 5.41) is 17.7. The molecular formula is C8H18O2S. The Kier molecular flexibility index (Phi) is 6.01. The Morgan fingerprint density at radius 2 is 1.73 bits per heavy atom. The largest absolute Gasteiger partial charge is 0.395 e. The average Bonchev–Trinajstić information content (AvgIpc) is 2.05. The zero-order valence-corrected chi connectivity index (χ0v) is 7.98. The van der Waals surface area contributed by atoms with E-state index in [-0.39, 0.29) is 13.2 Å². The summed E-state index contributed by atoms with van der Waals surface area (Å²) in [6.07, 6.45) is 4.11. The van der Waals surface area contributed by atoms with Gasteiger partial charge in [0, 0.05) is 0 Å². The molecule has 0 aliphatic rings. The molecule has 0 heterocycles. The van der Waals surface area contributed by atoms with Crippen LogP contribution in [0.4, 0.5) is 0 Å². The molecule has 3 heteroatoms. The summed E-state index contributed by atoms with van der Waals surface area (Å²) in [7, 11) is 0. The van der Waals surface area contributed by atoms with Crippen molar-refractivity contribution >= 4 is 12.6 Å². The van der Waals surface area contributed by atoms with Gasteiger partial charge in [-0.2, -0.15) is 12.6 Å². The van der Waals surface area contributed by atoms with Gasteiger partial charge in [-0.1, -0.05) is 26.2 Å². The fraction of sp³-hybridized carbons (Fsp3) is 1.00. The van der Waals surface area contributed by atoms with Crippen molar-refractivity contribution < 1.29 is 10.2 Å². The molecule has 0 aliphatic heterocycles. The Hall–Kier alpha value is 0.270. The molecule has 2 nitrogen and oxygen atoms in total. The molecule has 0 amide bonds. The highest BCUT2D eigenvalue weighted by atomic mass is 32.1. The van der Waals surface area contributed by atoms with Crippen LogP contribution in [0.15, 0.2) is 0 Å². The Morgan fingerprint density at radius 1 is 1.18 bits per heavy atom. The lowest BCUT2D eigenvalue weighted by Crippen LogP contribution is -2.30. The first-order valence-electron chi connectivity index (χ1n) is 4.12. The van der Waals surface area contributed by atoms with E-state index in [1.165, 1.54) is 0 Å². The minimum atomic E-state index is -0.560. The highest BCUT2D eigenvalue weighted by molar-refractivity contribution is 7.81. The van der Waals surface area contributed by atoms with Crippen molar-refractivity contribution in [1.82, 2.24) is 0 Å². The van der Waals surface area contributed by atoms with Crippen LogP contribution in [0.1, 0.15) is 32.6 Å². The summed E-state index contributed by atoms with van der Waals surface area (Å²) in [6.45, 7) is 2.03. The second kappa shape index (κ2) is 5.86. The molecule has 2 N–H and O–H groups in total. The summed E-state index contributed by atoms with van der Waals surface area (Å²) in [5.74, 6) is 0.